The van der Waals surface area contributed by atoms with Gasteiger partial charge >= 0.3 is 5.97 Å². The number of aliphatic carboxylic acids is 1. The minimum atomic E-state index is -1.81. The van der Waals surface area contributed by atoms with Crippen LogP contribution in [0.3, 0.4) is 0 Å². The number of nitriles is 1. The molecule has 1 aromatic carbocycles. The quantitative estimate of drug-likeness (QED) is 0.837. The zero-order valence-corrected chi connectivity index (χ0v) is 11.9. The lowest BCUT2D eigenvalue weighted by atomic mass is 9.91. The average Bonchev–Trinajstić information content (AvgIpc) is 2.75. The Bertz CT molecular complexity index is 713. The lowest BCUT2D eigenvalue weighted by molar-refractivity contribution is -0.136. The summed E-state index contributed by atoms with van der Waals surface area (Å²) < 4.78 is 1.58. The van der Waals surface area contributed by atoms with E-state index in [2.05, 4.69) is 0 Å². The van der Waals surface area contributed by atoms with Gasteiger partial charge in [-0.15, -0.1) is 0 Å². The van der Waals surface area contributed by atoms with Gasteiger partial charge in [-0.05, 0) is 18.6 Å². The summed E-state index contributed by atoms with van der Waals surface area (Å²) >= 11 is 0. The largest absolute Gasteiger partial charge is 0.481 e. The molecule has 0 aliphatic heterocycles. The molecule has 5 heteroatoms. The molecule has 2 aromatic rings. The lowest BCUT2D eigenvalue weighted by Gasteiger charge is -2.22. The maximum atomic E-state index is 10.9. The van der Waals surface area contributed by atoms with Crippen molar-refractivity contribution in [2.75, 3.05) is 0 Å². The second kappa shape index (κ2) is 5.43. The summed E-state index contributed by atoms with van der Waals surface area (Å²) in [7, 11) is 1.66. The number of carboxylic acid groups (broad SMARTS) is 1. The topological polar surface area (TPSA) is 86.2 Å². The highest BCUT2D eigenvalue weighted by molar-refractivity contribution is 5.70. The van der Waals surface area contributed by atoms with Gasteiger partial charge in [-0.1, -0.05) is 30.3 Å². The summed E-state index contributed by atoms with van der Waals surface area (Å²) in [6.45, 7) is 1.77. The van der Waals surface area contributed by atoms with E-state index in [4.69, 9.17) is 5.11 Å². The van der Waals surface area contributed by atoms with Gasteiger partial charge in [-0.3, -0.25) is 4.79 Å². The van der Waals surface area contributed by atoms with Crippen LogP contribution in [0.4, 0.5) is 0 Å². The SMILES string of the molecule is Cc1cc(C(O)(C#N)c2ccccc2)n(C)c1CC(=O)O. The van der Waals surface area contributed by atoms with Crippen molar-refractivity contribution in [1.29, 1.82) is 5.26 Å². The van der Waals surface area contributed by atoms with Gasteiger partial charge in [0.2, 0.25) is 5.60 Å². The van der Waals surface area contributed by atoms with Gasteiger partial charge in [-0.2, -0.15) is 5.26 Å². The standard InChI is InChI=1S/C16H16N2O3/c1-11-8-14(18(2)13(11)9-15(19)20)16(21,10-17)12-6-4-3-5-7-12/h3-8,21H,9H2,1-2H3,(H,19,20). The molecule has 0 aliphatic rings. The van der Waals surface area contributed by atoms with Gasteiger partial charge in [0.15, 0.2) is 0 Å². The third-order valence-electron chi connectivity index (χ3n) is 3.62. The summed E-state index contributed by atoms with van der Waals surface area (Å²) in [6, 6.07) is 12.2. The Balaban J connectivity index is 2.60. The van der Waals surface area contributed by atoms with Crippen LogP contribution in [0.1, 0.15) is 22.5 Å². The molecule has 21 heavy (non-hydrogen) atoms. The van der Waals surface area contributed by atoms with E-state index in [1.54, 1.807) is 54.9 Å². The summed E-state index contributed by atoms with van der Waals surface area (Å²) in [4.78, 5) is 10.9. The third kappa shape index (κ3) is 2.54. The number of benzene rings is 1. The fourth-order valence-corrected chi connectivity index (χ4v) is 2.49. The molecule has 2 rings (SSSR count). The van der Waals surface area contributed by atoms with Crippen molar-refractivity contribution >= 4 is 5.97 Å². The summed E-state index contributed by atoms with van der Waals surface area (Å²) in [5.41, 5.74) is 0.318. The van der Waals surface area contributed by atoms with Crippen LogP contribution < -0.4 is 0 Å². The van der Waals surface area contributed by atoms with Gasteiger partial charge in [-0.25, -0.2) is 0 Å². The van der Waals surface area contributed by atoms with E-state index in [1.165, 1.54) is 0 Å². The molecule has 0 saturated heterocycles. The molecule has 0 saturated carbocycles. The predicted octanol–water partition coefficient (Wildman–Crippen LogP) is 1.72. The Labute approximate surface area is 122 Å². The Hall–Kier alpha value is -2.58. The number of hydrogen-bond donors (Lipinski definition) is 2. The number of carbonyl (C=O) groups is 1. The first-order chi connectivity index (χ1) is 9.90. The van der Waals surface area contributed by atoms with Crippen molar-refractivity contribution in [2.45, 2.75) is 18.9 Å². The van der Waals surface area contributed by atoms with E-state index >= 15 is 0 Å². The molecule has 1 heterocycles. The second-order valence-corrected chi connectivity index (χ2v) is 4.98. The van der Waals surface area contributed by atoms with Crippen LogP contribution in [0.5, 0.6) is 0 Å². The van der Waals surface area contributed by atoms with E-state index < -0.39 is 11.6 Å². The van der Waals surface area contributed by atoms with E-state index in [0.717, 1.165) is 5.56 Å². The molecule has 1 aromatic heterocycles. The van der Waals surface area contributed by atoms with Crippen molar-refractivity contribution < 1.29 is 15.0 Å². The molecule has 0 spiro atoms. The van der Waals surface area contributed by atoms with Crippen LogP contribution in [0.25, 0.3) is 0 Å². The Morgan fingerprint density at radius 1 is 1.38 bits per heavy atom. The Morgan fingerprint density at radius 2 is 2.00 bits per heavy atom. The number of nitrogens with zero attached hydrogens (tertiary/aromatic N) is 2. The predicted molar refractivity (Wildman–Crippen MR) is 76.5 cm³/mol. The van der Waals surface area contributed by atoms with Crippen LogP contribution in [0.15, 0.2) is 36.4 Å². The molecule has 2 N–H and O–H groups in total. The van der Waals surface area contributed by atoms with E-state index in [9.17, 15) is 15.2 Å². The monoisotopic (exact) mass is 284 g/mol. The summed E-state index contributed by atoms with van der Waals surface area (Å²) in [5.74, 6) is -0.953. The zero-order chi connectivity index (χ0) is 15.6. The molecule has 108 valence electrons. The molecule has 1 atom stereocenters. The van der Waals surface area contributed by atoms with Gasteiger partial charge in [0, 0.05) is 18.3 Å². The molecule has 0 aliphatic carbocycles. The second-order valence-electron chi connectivity index (χ2n) is 4.98. The minimum absolute atomic E-state index is 0.154. The van der Waals surface area contributed by atoms with Crippen molar-refractivity contribution in [2.24, 2.45) is 7.05 Å². The molecular formula is C16H16N2O3. The van der Waals surface area contributed by atoms with Gasteiger partial charge in [0.1, 0.15) is 6.07 Å². The van der Waals surface area contributed by atoms with Crippen molar-refractivity contribution in [3.63, 3.8) is 0 Å². The van der Waals surface area contributed by atoms with Crippen LogP contribution in [0.2, 0.25) is 0 Å². The number of rotatable bonds is 4. The Kier molecular flexibility index (Phi) is 3.83. The van der Waals surface area contributed by atoms with Crippen molar-refractivity contribution in [3.8, 4) is 6.07 Å². The van der Waals surface area contributed by atoms with Crippen LogP contribution in [-0.4, -0.2) is 20.7 Å². The molecule has 0 bridgehead atoms. The van der Waals surface area contributed by atoms with Gasteiger partial charge in [0.05, 0.1) is 12.1 Å². The first-order valence-corrected chi connectivity index (χ1v) is 6.46. The third-order valence-corrected chi connectivity index (χ3v) is 3.62. The minimum Gasteiger partial charge on any atom is -0.481 e. The average molecular weight is 284 g/mol. The number of aryl methyl sites for hydroxylation is 1. The number of carboxylic acids is 1. The highest BCUT2D eigenvalue weighted by atomic mass is 16.4. The summed E-state index contributed by atoms with van der Waals surface area (Å²) in [6.07, 6.45) is -0.154. The summed E-state index contributed by atoms with van der Waals surface area (Å²) in [5, 5.41) is 29.2. The molecule has 1 unspecified atom stereocenters. The maximum Gasteiger partial charge on any atom is 0.309 e. The lowest BCUT2D eigenvalue weighted by Crippen LogP contribution is -2.28. The molecule has 5 nitrogen and oxygen atoms in total. The van der Waals surface area contributed by atoms with Crippen LogP contribution in [-0.2, 0) is 23.9 Å². The first-order valence-electron chi connectivity index (χ1n) is 6.46. The maximum absolute atomic E-state index is 10.9. The molecular weight excluding hydrogens is 268 g/mol. The van der Waals surface area contributed by atoms with E-state index in [1.807, 2.05) is 6.07 Å². The highest BCUT2D eigenvalue weighted by Crippen LogP contribution is 2.31. The number of hydrogen-bond acceptors (Lipinski definition) is 3. The highest BCUT2D eigenvalue weighted by Gasteiger charge is 2.35. The first kappa shape index (κ1) is 14.8. The van der Waals surface area contributed by atoms with Gasteiger partial charge < -0.3 is 14.8 Å². The number of aliphatic hydroxyl groups is 1. The molecule has 0 fully saturated rings. The van der Waals surface area contributed by atoms with Crippen LogP contribution in [0, 0.1) is 18.3 Å². The molecule has 0 radical (unpaired) electrons. The normalized spacial score (nSPS) is 13.4. The molecule has 0 amide bonds. The number of aromatic nitrogens is 1. The van der Waals surface area contributed by atoms with E-state index in [0.29, 0.717) is 17.0 Å². The smallest absolute Gasteiger partial charge is 0.309 e. The Morgan fingerprint density at radius 3 is 2.52 bits per heavy atom. The van der Waals surface area contributed by atoms with Gasteiger partial charge in [0.25, 0.3) is 0 Å². The van der Waals surface area contributed by atoms with Crippen molar-refractivity contribution in [1.82, 2.24) is 4.57 Å². The fourth-order valence-electron chi connectivity index (χ4n) is 2.49. The fraction of sp³-hybridized carbons (Fsp3) is 0.250. The zero-order valence-electron chi connectivity index (χ0n) is 11.9. The van der Waals surface area contributed by atoms with Crippen LogP contribution >= 0.6 is 0 Å². The van der Waals surface area contributed by atoms with Crippen molar-refractivity contribution in [3.05, 3.63) is 58.9 Å². The van der Waals surface area contributed by atoms with E-state index in [-0.39, 0.29) is 6.42 Å².